The van der Waals surface area contributed by atoms with Crippen molar-refractivity contribution in [2.24, 2.45) is 5.92 Å². The molecule has 0 spiro atoms. The number of hydrogen-bond donors (Lipinski definition) is 1. The number of carboxylic acid groups (broad SMARTS) is 1. The van der Waals surface area contributed by atoms with Gasteiger partial charge in [0.1, 0.15) is 5.75 Å². The van der Waals surface area contributed by atoms with Gasteiger partial charge in [0, 0.05) is 5.56 Å². The molecule has 0 aromatic heterocycles. The molecule has 0 bridgehead atoms. The third-order valence-corrected chi connectivity index (χ3v) is 4.07. The van der Waals surface area contributed by atoms with Crippen LogP contribution < -0.4 is 14.2 Å². The largest absolute Gasteiger partial charge is 0.494 e. The van der Waals surface area contributed by atoms with Crippen molar-refractivity contribution in [3.63, 3.8) is 0 Å². The Balaban J connectivity index is 2.00. The van der Waals surface area contributed by atoms with Gasteiger partial charge in [0.05, 0.1) is 13.7 Å². The topological polar surface area (TPSA) is 82.1 Å². The highest BCUT2D eigenvalue weighted by molar-refractivity contribution is 6.07. The molecule has 0 saturated heterocycles. The highest BCUT2D eigenvalue weighted by Gasteiger charge is 2.10. The van der Waals surface area contributed by atoms with Gasteiger partial charge >= 0.3 is 5.97 Å². The van der Waals surface area contributed by atoms with E-state index in [4.69, 9.17) is 19.3 Å². The minimum absolute atomic E-state index is 0.203. The number of allylic oxidation sites excluding steroid dienone is 1. The van der Waals surface area contributed by atoms with E-state index in [2.05, 4.69) is 13.8 Å². The fraction of sp³-hybridized carbons (Fsp3) is 0.304. The molecule has 0 radical (unpaired) electrons. The Morgan fingerprint density at radius 2 is 1.76 bits per heavy atom. The molecule has 6 heteroatoms. The molecule has 0 unspecified atom stereocenters. The fourth-order valence-corrected chi connectivity index (χ4v) is 2.44. The van der Waals surface area contributed by atoms with Gasteiger partial charge in [-0.3, -0.25) is 4.79 Å². The molecule has 0 heterocycles. The summed E-state index contributed by atoms with van der Waals surface area (Å²) in [4.78, 5) is 23.1. The molecule has 154 valence electrons. The van der Waals surface area contributed by atoms with Crippen molar-refractivity contribution in [3.05, 3.63) is 59.7 Å². The summed E-state index contributed by atoms with van der Waals surface area (Å²) in [6.07, 6.45) is 4.20. The molecule has 29 heavy (non-hydrogen) atoms. The van der Waals surface area contributed by atoms with E-state index in [1.165, 1.54) is 25.3 Å². The van der Waals surface area contributed by atoms with Crippen LogP contribution in [0.25, 0.3) is 6.08 Å². The minimum Gasteiger partial charge on any atom is -0.494 e. The smallest absolute Gasteiger partial charge is 0.341 e. The molecule has 2 aromatic rings. The number of aliphatic carboxylic acids is 1. The van der Waals surface area contributed by atoms with Crippen molar-refractivity contribution in [2.45, 2.75) is 20.3 Å². The van der Waals surface area contributed by atoms with Gasteiger partial charge < -0.3 is 19.3 Å². The summed E-state index contributed by atoms with van der Waals surface area (Å²) < 4.78 is 16.0. The first-order chi connectivity index (χ1) is 13.9. The van der Waals surface area contributed by atoms with Crippen LogP contribution in [0.4, 0.5) is 0 Å². The third-order valence-electron chi connectivity index (χ3n) is 4.07. The van der Waals surface area contributed by atoms with Gasteiger partial charge in [0.2, 0.25) is 0 Å². The van der Waals surface area contributed by atoms with Crippen LogP contribution in [0.2, 0.25) is 0 Å². The first-order valence-electron chi connectivity index (χ1n) is 9.37. The van der Waals surface area contributed by atoms with Gasteiger partial charge in [-0.05, 0) is 54.3 Å². The molecular formula is C23H26O6. The summed E-state index contributed by atoms with van der Waals surface area (Å²) in [6, 6.07) is 12.1. The molecule has 2 rings (SSSR count). The Labute approximate surface area is 170 Å². The second-order valence-corrected chi connectivity index (χ2v) is 6.85. The van der Waals surface area contributed by atoms with Crippen LogP contribution in [0.15, 0.2) is 48.5 Å². The second-order valence-electron chi connectivity index (χ2n) is 6.85. The second kappa shape index (κ2) is 10.9. The average molecular weight is 398 g/mol. The first-order valence-corrected chi connectivity index (χ1v) is 9.37. The number of benzene rings is 2. The zero-order chi connectivity index (χ0) is 21.2. The molecule has 2 aromatic carbocycles. The lowest BCUT2D eigenvalue weighted by molar-refractivity contribution is -0.139. The van der Waals surface area contributed by atoms with Crippen molar-refractivity contribution in [2.75, 3.05) is 20.3 Å². The molecule has 1 N–H and O–H groups in total. The maximum atomic E-state index is 12.4. The number of carbonyl (C=O) groups is 2. The summed E-state index contributed by atoms with van der Waals surface area (Å²) in [7, 11) is 1.43. The van der Waals surface area contributed by atoms with Crippen molar-refractivity contribution < 1.29 is 28.9 Å². The predicted octanol–water partition coefficient (Wildman–Crippen LogP) is 4.48. The summed E-state index contributed by atoms with van der Waals surface area (Å²) in [6.45, 7) is 4.50. The predicted molar refractivity (Wildman–Crippen MR) is 111 cm³/mol. The van der Waals surface area contributed by atoms with Crippen LogP contribution in [-0.2, 0) is 4.79 Å². The highest BCUT2D eigenvalue weighted by atomic mass is 16.5. The van der Waals surface area contributed by atoms with E-state index in [9.17, 15) is 9.59 Å². The molecule has 0 fully saturated rings. The minimum atomic E-state index is -1.09. The molecule has 0 aliphatic heterocycles. The van der Waals surface area contributed by atoms with Gasteiger partial charge in [0.25, 0.3) is 0 Å². The van der Waals surface area contributed by atoms with Gasteiger partial charge in [-0.15, -0.1) is 0 Å². The standard InChI is InChI=1S/C23H26O6/c1-16(2)12-13-28-19-8-4-17(5-9-19)6-10-20(24)18-7-11-21(22(14-18)27-3)29-15-23(25)26/h4-11,14,16H,12-13,15H2,1-3H3,(H,25,26). The zero-order valence-electron chi connectivity index (χ0n) is 16.9. The molecular weight excluding hydrogens is 372 g/mol. The van der Waals surface area contributed by atoms with E-state index in [0.717, 1.165) is 17.7 Å². The number of carboxylic acids is 1. The van der Waals surface area contributed by atoms with Gasteiger partial charge in [-0.2, -0.15) is 0 Å². The van der Waals surface area contributed by atoms with Crippen molar-refractivity contribution in [3.8, 4) is 17.2 Å². The Kier molecular flexibility index (Phi) is 8.27. The van der Waals surface area contributed by atoms with Crippen molar-refractivity contribution in [1.29, 1.82) is 0 Å². The quantitative estimate of drug-likeness (QED) is 0.444. The highest BCUT2D eigenvalue weighted by Crippen LogP contribution is 2.28. The van der Waals surface area contributed by atoms with Crippen LogP contribution in [0.3, 0.4) is 0 Å². The summed E-state index contributed by atoms with van der Waals surface area (Å²) >= 11 is 0. The summed E-state index contributed by atoms with van der Waals surface area (Å²) in [5.74, 6) is 0.671. The molecule has 0 aliphatic rings. The van der Waals surface area contributed by atoms with Crippen LogP contribution >= 0.6 is 0 Å². The van der Waals surface area contributed by atoms with Crippen molar-refractivity contribution >= 4 is 17.8 Å². The lowest BCUT2D eigenvalue weighted by Crippen LogP contribution is -2.10. The average Bonchev–Trinajstić information content (AvgIpc) is 2.71. The van der Waals surface area contributed by atoms with E-state index in [-0.39, 0.29) is 11.5 Å². The normalized spacial score (nSPS) is 10.9. The van der Waals surface area contributed by atoms with Crippen LogP contribution in [0.5, 0.6) is 17.2 Å². The van der Waals surface area contributed by atoms with Gasteiger partial charge in [-0.25, -0.2) is 4.79 Å². The van der Waals surface area contributed by atoms with E-state index in [1.807, 2.05) is 24.3 Å². The number of methoxy groups -OCH3 is 1. The number of ketones is 1. The molecule has 0 aliphatic carbocycles. The van der Waals surface area contributed by atoms with E-state index < -0.39 is 12.6 Å². The fourth-order valence-electron chi connectivity index (χ4n) is 2.44. The van der Waals surface area contributed by atoms with Crippen LogP contribution in [0, 0.1) is 5.92 Å². The number of carbonyl (C=O) groups excluding carboxylic acids is 1. The molecule has 0 atom stereocenters. The van der Waals surface area contributed by atoms with Crippen molar-refractivity contribution in [1.82, 2.24) is 0 Å². The van der Waals surface area contributed by atoms with Crippen LogP contribution in [-0.4, -0.2) is 37.2 Å². The number of hydrogen-bond acceptors (Lipinski definition) is 5. The maximum absolute atomic E-state index is 12.4. The summed E-state index contributed by atoms with van der Waals surface area (Å²) in [5.41, 5.74) is 1.29. The maximum Gasteiger partial charge on any atom is 0.341 e. The van der Waals surface area contributed by atoms with E-state index in [0.29, 0.717) is 23.8 Å². The SMILES string of the molecule is COc1cc(C(=O)C=Cc2ccc(OCCC(C)C)cc2)ccc1OCC(=O)O. The number of rotatable bonds is 11. The molecule has 0 saturated carbocycles. The zero-order valence-corrected chi connectivity index (χ0v) is 16.9. The molecule has 6 nitrogen and oxygen atoms in total. The Hall–Kier alpha value is -3.28. The van der Waals surface area contributed by atoms with Crippen LogP contribution in [0.1, 0.15) is 36.2 Å². The van der Waals surface area contributed by atoms with Gasteiger partial charge in [0.15, 0.2) is 23.9 Å². The summed E-state index contributed by atoms with van der Waals surface area (Å²) in [5, 5.41) is 8.70. The monoisotopic (exact) mass is 398 g/mol. The Bertz CT molecular complexity index is 852. The third kappa shape index (κ3) is 7.33. The van der Waals surface area contributed by atoms with Gasteiger partial charge in [-0.1, -0.05) is 32.1 Å². The lowest BCUT2D eigenvalue weighted by Gasteiger charge is -2.10. The Morgan fingerprint density at radius 1 is 1.03 bits per heavy atom. The lowest BCUT2D eigenvalue weighted by atomic mass is 10.1. The number of ether oxygens (including phenoxy) is 3. The molecule has 0 amide bonds. The first kappa shape index (κ1) is 22.0. The van der Waals surface area contributed by atoms with E-state index >= 15 is 0 Å². The Morgan fingerprint density at radius 3 is 2.38 bits per heavy atom. The van der Waals surface area contributed by atoms with E-state index in [1.54, 1.807) is 12.1 Å².